The van der Waals surface area contributed by atoms with Gasteiger partial charge in [-0.2, -0.15) is 0 Å². The molecule has 0 bridgehead atoms. The van der Waals surface area contributed by atoms with Crippen LogP contribution in [0.5, 0.6) is 0 Å². The second kappa shape index (κ2) is 6.63. The Morgan fingerprint density at radius 3 is 2.55 bits per heavy atom. The molecule has 20 heavy (non-hydrogen) atoms. The Labute approximate surface area is 131 Å². The van der Waals surface area contributed by atoms with E-state index in [-0.39, 0.29) is 5.78 Å². The average Bonchev–Trinajstić information content (AvgIpc) is 2.41. The molecular weight excluding hydrogens is 336 g/mol. The largest absolute Gasteiger partial charge is 0.332 e. The van der Waals surface area contributed by atoms with Crippen molar-refractivity contribution >= 4 is 50.4 Å². The zero-order valence-electron chi connectivity index (χ0n) is 10.8. The fourth-order valence-electron chi connectivity index (χ4n) is 1.66. The van der Waals surface area contributed by atoms with Gasteiger partial charge in [0.1, 0.15) is 0 Å². The maximum absolute atomic E-state index is 11.3. The molecule has 5 heteroatoms. The molecular formula is C15H13BrN2OS. The van der Waals surface area contributed by atoms with Crippen molar-refractivity contribution in [1.82, 2.24) is 0 Å². The standard InChI is InChI=1S/C15H13BrN2OS/c1-10(19)11-5-4-6-12(9-11)17-15(20)18-14-8-3-2-7-13(14)16/h2-9H,1H3,(H2,17,18,20). The summed E-state index contributed by atoms with van der Waals surface area (Å²) in [7, 11) is 0. The maximum atomic E-state index is 11.3. The topological polar surface area (TPSA) is 41.1 Å². The lowest BCUT2D eigenvalue weighted by atomic mass is 10.1. The molecule has 0 fully saturated rings. The summed E-state index contributed by atoms with van der Waals surface area (Å²) in [5.41, 5.74) is 2.31. The number of nitrogens with one attached hydrogen (secondary N) is 2. The van der Waals surface area contributed by atoms with Crippen molar-refractivity contribution in [2.75, 3.05) is 10.6 Å². The Morgan fingerprint density at radius 1 is 1.10 bits per heavy atom. The first-order valence-corrected chi connectivity index (χ1v) is 7.20. The Balaban J connectivity index is 2.07. The van der Waals surface area contributed by atoms with Crippen LogP contribution in [0.3, 0.4) is 0 Å². The number of benzene rings is 2. The van der Waals surface area contributed by atoms with Crippen molar-refractivity contribution in [3.63, 3.8) is 0 Å². The van der Waals surface area contributed by atoms with E-state index in [0.29, 0.717) is 10.7 Å². The summed E-state index contributed by atoms with van der Waals surface area (Å²) < 4.78 is 0.932. The number of rotatable bonds is 3. The molecule has 2 aromatic carbocycles. The van der Waals surface area contributed by atoms with Crippen LogP contribution >= 0.6 is 28.1 Å². The number of halogens is 1. The molecule has 0 heterocycles. The van der Waals surface area contributed by atoms with Crippen LogP contribution in [0.25, 0.3) is 0 Å². The number of carbonyl (C=O) groups excluding carboxylic acids is 1. The van der Waals surface area contributed by atoms with E-state index >= 15 is 0 Å². The summed E-state index contributed by atoms with van der Waals surface area (Å²) in [4.78, 5) is 11.3. The normalized spacial score (nSPS) is 9.90. The fourth-order valence-corrected chi connectivity index (χ4v) is 2.27. The van der Waals surface area contributed by atoms with Crippen LogP contribution in [0.15, 0.2) is 53.0 Å². The van der Waals surface area contributed by atoms with Gasteiger partial charge in [-0.15, -0.1) is 0 Å². The van der Waals surface area contributed by atoms with E-state index < -0.39 is 0 Å². The summed E-state index contributed by atoms with van der Waals surface area (Å²) in [5.74, 6) is 0.0262. The second-order valence-corrected chi connectivity index (χ2v) is 5.46. The number of hydrogen-bond acceptors (Lipinski definition) is 2. The summed E-state index contributed by atoms with van der Waals surface area (Å²) in [6.07, 6.45) is 0. The van der Waals surface area contributed by atoms with E-state index in [0.717, 1.165) is 15.8 Å². The molecule has 2 aromatic rings. The zero-order chi connectivity index (χ0) is 14.5. The molecule has 0 saturated carbocycles. The van der Waals surface area contributed by atoms with Gasteiger partial charge in [0, 0.05) is 15.7 Å². The van der Waals surface area contributed by atoms with E-state index in [1.165, 1.54) is 6.92 Å². The lowest BCUT2D eigenvalue weighted by Gasteiger charge is -2.12. The van der Waals surface area contributed by atoms with Crippen LogP contribution in [-0.4, -0.2) is 10.9 Å². The number of para-hydroxylation sites is 1. The summed E-state index contributed by atoms with van der Waals surface area (Å²) in [6.45, 7) is 1.54. The Morgan fingerprint density at radius 2 is 1.85 bits per heavy atom. The molecule has 0 spiro atoms. The van der Waals surface area contributed by atoms with Gasteiger partial charge < -0.3 is 10.6 Å². The highest BCUT2D eigenvalue weighted by Gasteiger charge is 2.04. The summed E-state index contributed by atoms with van der Waals surface area (Å²) in [5, 5.41) is 6.63. The Kier molecular flexibility index (Phi) is 4.87. The smallest absolute Gasteiger partial charge is 0.175 e. The van der Waals surface area contributed by atoms with Crippen molar-refractivity contribution in [2.45, 2.75) is 6.92 Å². The van der Waals surface area contributed by atoms with Crippen LogP contribution in [0.4, 0.5) is 11.4 Å². The minimum absolute atomic E-state index is 0.0262. The van der Waals surface area contributed by atoms with Crippen molar-refractivity contribution in [3.05, 3.63) is 58.6 Å². The minimum Gasteiger partial charge on any atom is -0.332 e. The highest BCUT2D eigenvalue weighted by molar-refractivity contribution is 9.10. The van der Waals surface area contributed by atoms with Gasteiger partial charge >= 0.3 is 0 Å². The molecule has 2 rings (SSSR count). The van der Waals surface area contributed by atoms with E-state index in [1.54, 1.807) is 12.1 Å². The third kappa shape index (κ3) is 3.88. The lowest BCUT2D eigenvalue weighted by Crippen LogP contribution is -2.19. The summed E-state index contributed by atoms with van der Waals surface area (Å²) >= 11 is 8.70. The van der Waals surface area contributed by atoms with Crippen LogP contribution in [0.1, 0.15) is 17.3 Å². The third-order valence-corrected chi connectivity index (χ3v) is 3.54. The molecule has 0 saturated heterocycles. The molecule has 0 amide bonds. The van der Waals surface area contributed by atoms with Gasteiger partial charge in [-0.05, 0) is 59.3 Å². The molecule has 0 aliphatic heterocycles. The van der Waals surface area contributed by atoms with E-state index in [1.807, 2.05) is 36.4 Å². The molecule has 0 atom stereocenters. The SMILES string of the molecule is CC(=O)c1cccc(NC(=S)Nc2ccccc2Br)c1. The van der Waals surface area contributed by atoms with Gasteiger partial charge in [0.15, 0.2) is 10.9 Å². The number of hydrogen-bond donors (Lipinski definition) is 2. The van der Waals surface area contributed by atoms with Gasteiger partial charge in [-0.25, -0.2) is 0 Å². The Hall–Kier alpha value is -1.72. The van der Waals surface area contributed by atoms with Crippen LogP contribution in [0, 0.1) is 0 Å². The van der Waals surface area contributed by atoms with E-state index in [9.17, 15) is 4.79 Å². The van der Waals surface area contributed by atoms with Crippen molar-refractivity contribution < 1.29 is 4.79 Å². The molecule has 0 aliphatic carbocycles. The van der Waals surface area contributed by atoms with Crippen LogP contribution < -0.4 is 10.6 Å². The van der Waals surface area contributed by atoms with Gasteiger partial charge in [0.2, 0.25) is 0 Å². The zero-order valence-corrected chi connectivity index (χ0v) is 13.2. The second-order valence-electron chi connectivity index (χ2n) is 4.20. The first kappa shape index (κ1) is 14.7. The maximum Gasteiger partial charge on any atom is 0.175 e. The predicted molar refractivity (Wildman–Crippen MR) is 90.4 cm³/mol. The van der Waals surface area contributed by atoms with E-state index in [4.69, 9.17) is 12.2 Å². The Bertz CT molecular complexity index is 658. The highest BCUT2D eigenvalue weighted by atomic mass is 79.9. The molecule has 3 nitrogen and oxygen atoms in total. The predicted octanol–water partition coefficient (Wildman–Crippen LogP) is 4.46. The van der Waals surface area contributed by atoms with Crippen LogP contribution in [0.2, 0.25) is 0 Å². The summed E-state index contributed by atoms with van der Waals surface area (Å²) in [6, 6.07) is 14.9. The van der Waals surface area contributed by atoms with Crippen molar-refractivity contribution in [2.24, 2.45) is 0 Å². The van der Waals surface area contributed by atoms with Gasteiger partial charge in [0.05, 0.1) is 5.69 Å². The number of Topliss-reactive ketones (excluding diaryl/α,β-unsaturated/α-hetero) is 1. The van der Waals surface area contributed by atoms with Crippen molar-refractivity contribution in [1.29, 1.82) is 0 Å². The van der Waals surface area contributed by atoms with Crippen molar-refractivity contribution in [3.8, 4) is 0 Å². The minimum atomic E-state index is 0.0262. The number of ketones is 1. The van der Waals surface area contributed by atoms with Crippen LogP contribution in [-0.2, 0) is 0 Å². The molecule has 102 valence electrons. The number of carbonyl (C=O) groups is 1. The lowest BCUT2D eigenvalue weighted by molar-refractivity contribution is 0.101. The highest BCUT2D eigenvalue weighted by Crippen LogP contribution is 2.21. The first-order valence-electron chi connectivity index (χ1n) is 6.00. The number of thiocarbonyl (C=S) groups is 1. The molecule has 0 radical (unpaired) electrons. The molecule has 0 aromatic heterocycles. The van der Waals surface area contributed by atoms with E-state index in [2.05, 4.69) is 26.6 Å². The fraction of sp³-hybridized carbons (Fsp3) is 0.0667. The molecule has 2 N–H and O–H groups in total. The van der Waals surface area contributed by atoms with Gasteiger partial charge in [0.25, 0.3) is 0 Å². The molecule has 0 aliphatic rings. The molecule has 0 unspecified atom stereocenters. The first-order chi connectivity index (χ1) is 9.56. The number of anilines is 2. The van der Waals surface area contributed by atoms with Gasteiger partial charge in [-0.3, -0.25) is 4.79 Å². The van der Waals surface area contributed by atoms with Gasteiger partial charge in [-0.1, -0.05) is 24.3 Å². The third-order valence-electron chi connectivity index (χ3n) is 2.65. The monoisotopic (exact) mass is 348 g/mol. The average molecular weight is 349 g/mol. The quantitative estimate of drug-likeness (QED) is 0.634.